The molecule has 170 valence electrons. The van der Waals surface area contributed by atoms with E-state index in [0.29, 0.717) is 18.5 Å². The van der Waals surface area contributed by atoms with E-state index in [-0.39, 0.29) is 11.8 Å². The van der Waals surface area contributed by atoms with Crippen LogP contribution in [-0.4, -0.2) is 35.9 Å². The number of carbonyl (C=O) groups is 2. The molecule has 2 N–H and O–H groups in total. The molecule has 7 heteroatoms. The summed E-state index contributed by atoms with van der Waals surface area (Å²) in [7, 11) is 0. The van der Waals surface area contributed by atoms with Gasteiger partial charge < -0.3 is 20.0 Å². The average Bonchev–Trinajstić information content (AvgIpc) is 3.59. The number of nitrogens with zero attached hydrogens (tertiary/aromatic N) is 2. The van der Waals surface area contributed by atoms with Gasteiger partial charge in [0.1, 0.15) is 17.4 Å². The van der Waals surface area contributed by atoms with Crippen LogP contribution in [0.3, 0.4) is 0 Å². The number of rotatable bonds is 5. The maximum absolute atomic E-state index is 12.9. The molecule has 2 aliphatic rings. The molecule has 2 aromatic heterocycles. The van der Waals surface area contributed by atoms with Crippen LogP contribution in [0.4, 0.5) is 11.5 Å². The molecule has 1 atom stereocenters. The van der Waals surface area contributed by atoms with Crippen LogP contribution in [0.5, 0.6) is 0 Å². The summed E-state index contributed by atoms with van der Waals surface area (Å²) in [6.07, 6.45) is 5.72. The van der Waals surface area contributed by atoms with Crippen molar-refractivity contribution in [3.63, 3.8) is 0 Å². The first-order chi connectivity index (χ1) is 16.7. The van der Waals surface area contributed by atoms with Gasteiger partial charge in [0, 0.05) is 35.9 Å². The summed E-state index contributed by atoms with van der Waals surface area (Å²) in [5, 5.41) is 6.75. The van der Waals surface area contributed by atoms with Crippen molar-refractivity contribution in [1.82, 2.24) is 15.6 Å². The van der Waals surface area contributed by atoms with Gasteiger partial charge in [-0.2, -0.15) is 0 Å². The predicted molar refractivity (Wildman–Crippen MR) is 129 cm³/mol. The molecule has 2 aliphatic heterocycles. The summed E-state index contributed by atoms with van der Waals surface area (Å²) >= 11 is 0. The smallest absolute Gasteiger partial charge is 0.252 e. The van der Waals surface area contributed by atoms with Crippen LogP contribution in [0.2, 0.25) is 0 Å². The van der Waals surface area contributed by atoms with E-state index in [0.717, 1.165) is 47.4 Å². The number of amides is 2. The number of hydrogen-bond acceptors (Lipinski definition) is 5. The van der Waals surface area contributed by atoms with Crippen LogP contribution >= 0.6 is 0 Å². The molecule has 0 aliphatic carbocycles. The van der Waals surface area contributed by atoms with Crippen molar-refractivity contribution < 1.29 is 14.0 Å². The maximum Gasteiger partial charge on any atom is 0.252 e. The molecule has 1 saturated heterocycles. The molecule has 0 unspecified atom stereocenters. The largest absolute Gasteiger partial charge is 0.464 e. The fraction of sp³-hybridized carbons (Fsp3) is 0.222. The maximum atomic E-state index is 12.9. The number of fused-ring (bicyclic) bond motifs is 2. The second-order valence-corrected chi connectivity index (χ2v) is 8.80. The molecule has 0 bridgehead atoms. The summed E-state index contributed by atoms with van der Waals surface area (Å²) in [6, 6.07) is 17.7. The highest BCUT2D eigenvalue weighted by molar-refractivity contribution is 6.00. The van der Waals surface area contributed by atoms with Crippen LogP contribution < -0.4 is 15.5 Å². The average molecular weight is 453 g/mol. The molecule has 7 nitrogen and oxygen atoms in total. The van der Waals surface area contributed by atoms with E-state index >= 15 is 0 Å². The fourth-order valence-corrected chi connectivity index (χ4v) is 4.93. The van der Waals surface area contributed by atoms with Crippen LogP contribution in [0.25, 0.3) is 11.0 Å². The summed E-state index contributed by atoms with van der Waals surface area (Å²) < 4.78 is 5.45. The Hall–Kier alpha value is -4.13. The van der Waals surface area contributed by atoms with Gasteiger partial charge in [-0.3, -0.25) is 9.59 Å². The topological polar surface area (TPSA) is 87.5 Å². The predicted octanol–water partition coefficient (Wildman–Crippen LogP) is 3.73. The number of nitrogens with one attached hydrogen (secondary N) is 2. The highest BCUT2D eigenvalue weighted by Crippen LogP contribution is 2.36. The van der Waals surface area contributed by atoms with Gasteiger partial charge in [0.2, 0.25) is 5.91 Å². The summed E-state index contributed by atoms with van der Waals surface area (Å²) in [4.78, 5) is 31.6. The van der Waals surface area contributed by atoms with Gasteiger partial charge in [-0.15, -0.1) is 0 Å². The van der Waals surface area contributed by atoms with Gasteiger partial charge >= 0.3 is 0 Å². The number of furan rings is 1. The third-order valence-corrected chi connectivity index (χ3v) is 6.64. The zero-order valence-corrected chi connectivity index (χ0v) is 18.6. The van der Waals surface area contributed by atoms with Gasteiger partial charge in [-0.05, 0) is 78.4 Å². The Morgan fingerprint density at radius 3 is 2.94 bits per heavy atom. The SMILES string of the molecule is O=C(N[C@H]1CCNC1=O)c1cccc2c1CCN2c1cc(Cc2ccc3occc3c2)ccn1. The standard InChI is InChI=1S/C27H24N4O3/c32-26(30-22-7-11-29-27(22)33)21-2-1-3-23-20(21)8-12-31(23)25-16-18(6-10-28-25)14-17-4-5-24-19(15-17)9-13-34-24/h1-6,9-10,13,15-16,22H,7-8,11-12,14H2,(H,29,33)(H,30,32)/t22-/m0/s1. The van der Waals surface area contributed by atoms with Crippen molar-refractivity contribution in [3.05, 3.63) is 89.3 Å². The van der Waals surface area contributed by atoms with Crippen LogP contribution in [0.15, 0.2) is 71.5 Å². The van der Waals surface area contributed by atoms with Crippen LogP contribution in [-0.2, 0) is 17.6 Å². The first-order valence-electron chi connectivity index (χ1n) is 11.5. The number of anilines is 2. The lowest BCUT2D eigenvalue weighted by Gasteiger charge is -2.20. The van der Waals surface area contributed by atoms with Crippen LogP contribution in [0, 0.1) is 0 Å². The molecule has 2 amide bonds. The Morgan fingerprint density at radius 2 is 2.06 bits per heavy atom. The Labute approximate surface area is 196 Å². The van der Waals surface area contributed by atoms with Gasteiger partial charge in [-0.25, -0.2) is 4.98 Å². The van der Waals surface area contributed by atoms with E-state index in [9.17, 15) is 9.59 Å². The third kappa shape index (κ3) is 3.69. The van der Waals surface area contributed by atoms with Crippen molar-refractivity contribution >= 4 is 34.3 Å². The summed E-state index contributed by atoms with van der Waals surface area (Å²) in [5.41, 5.74) is 5.89. The lowest BCUT2D eigenvalue weighted by Crippen LogP contribution is -2.40. The molecular formula is C27H24N4O3. The van der Waals surface area contributed by atoms with E-state index in [4.69, 9.17) is 4.42 Å². The number of hydrogen-bond donors (Lipinski definition) is 2. The number of benzene rings is 2. The zero-order chi connectivity index (χ0) is 23.1. The van der Waals surface area contributed by atoms with Crippen molar-refractivity contribution in [3.8, 4) is 0 Å². The molecule has 34 heavy (non-hydrogen) atoms. The molecule has 4 heterocycles. The Balaban J connectivity index is 1.24. The molecule has 1 fully saturated rings. The summed E-state index contributed by atoms with van der Waals surface area (Å²) in [6.45, 7) is 1.35. The van der Waals surface area contributed by atoms with Crippen molar-refractivity contribution in [2.24, 2.45) is 0 Å². The second-order valence-electron chi connectivity index (χ2n) is 8.80. The lowest BCUT2D eigenvalue weighted by molar-refractivity contribution is -0.120. The molecule has 0 radical (unpaired) electrons. The molecule has 6 rings (SSSR count). The van der Waals surface area contributed by atoms with E-state index in [1.54, 1.807) is 6.26 Å². The quantitative estimate of drug-likeness (QED) is 0.482. The fourth-order valence-electron chi connectivity index (χ4n) is 4.93. The van der Waals surface area contributed by atoms with E-state index in [2.05, 4.69) is 38.7 Å². The van der Waals surface area contributed by atoms with Crippen molar-refractivity contribution in [1.29, 1.82) is 0 Å². The van der Waals surface area contributed by atoms with Crippen molar-refractivity contribution in [2.75, 3.05) is 18.0 Å². The minimum Gasteiger partial charge on any atom is -0.464 e. The van der Waals surface area contributed by atoms with E-state index in [1.807, 2.05) is 42.6 Å². The number of carbonyl (C=O) groups excluding carboxylic acids is 2. The highest BCUT2D eigenvalue weighted by Gasteiger charge is 2.29. The van der Waals surface area contributed by atoms with Crippen LogP contribution in [0.1, 0.15) is 33.5 Å². The van der Waals surface area contributed by atoms with E-state index in [1.165, 1.54) is 11.1 Å². The first-order valence-corrected chi connectivity index (χ1v) is 11.5. The molecular weight excluding hydrogens is 428 g/mol. The van der Waals surface area contributed by atoms with Gasteiger partial charge in [0.05, 0.1) is 6.26 Å². The van der Waals surface area contributed by atoms with Gasteiger partial charge in [0.15, 0.2) is 0 Å². The third-order valence-electron chi connectivity index (χ3n) is 6.64. The van der Waals surface area contributed by atoms with E-state index < -0.39 is 6.04 Å². The summed E-state index contributed by atoms with van der Waals surface area (Å²) in [5.74, 6) is 0.556. The molecule has 4 aromatic rings. The molecule has 0 saturated carbocycles. The first kappa shape index (κ1) is 20.5. The number of pyridine rings is 1. The zero-order valence-electron chi connectivity index (χ0n) is 18.6. The van der Waals surface area contributed by atoms with Gasteiger partial charge in [0.25, 0.3) is 5.91 Å². The monoisotopic (exact) mass is 452 g/mol. The normalized spacial score (nSPS) is 17.1. The minimum atomic E-state index is -0.458. The minimum absolute atomic E-state index is 0.115. The molecule has 2 aromatic carbocycles. The Kier molecular flexibility index (Phi) is 5.02. The second kappa shape index (κ2) is 8.33. The molecule has 0 spiro atoms. The lowest BCUT2D eigenvalue weighted by atomic mass is 10.0. The van der Waals surface area contributed by atoms with Crippen molar-refractivity contribution in [2.45, 2.75) is 25.3 Å². The highest BCUT2D eigenvalue weighted by atomic mass is 16.3. The van der Waals surface area contributed by atoms with Gasteiger partial charge in [-0.1, -0.05) is 12.1 Å². The Bertz CT molecular complexity index is 1410. The number of aromatic nitrogens is 1. The Morgan fingerprint density at radius 1 is 1.15 bits per heavy atom.